The van der Waals surface area contributed by atoms with Crippen LogP contribution in [0.3, 0.4) is 0 Å². The predicted octanol–water partition coefficient (Wildman–Crippen LogP) is 0.635. The van der Waals surface area contributed by atoms with E-state index in [-0.39, 0.29) is 5.56 Å². The summed E-state index contributed by atoms with van der Waals surface area (Å²) in [7, 11) is -24.6. The SMILES string of the molecule is O=C1NC2OC(c3ccccc3Br)=CC2=CN1[C@@H]1O[C@H](COP(=O)([O-])OP(=O)([O-])OP(=O)([O-])OP(=O)([O-])Cc2ccc([N+](=O)[O-])cc2)C(O)[C@@H]1O. The molecule has 3 aliphatic heterocycles. The summed E-state index contributed by atoms with van der Waals surface area (Å²) in [6, 6.07) is 9.86. The van der Waals surface area contributed by atoms with E-state index in [1.165, 1.54) is 6.20 Å². The van der Waals surface area contributed by atoms with Gasteiger partial charge in [0.1, 0.15) is 31.7 Å². The maximum Gasteiger partial charge on any atom is 0.326 e. The van der Waals surface area contributed by atoms with Gasteiger partial charge in [0.05, 0.1) is 11.5 Å². The van der Waals surface area contributed by atoms with Gasteiger partial charge in [-0.2, -0.15) is 0 Å². The van der Waals surface area contributed by atoms with E-state index in [1.54, 1.807) is 30.3 Å². The van der Waals surface area contributed by atoms with Crippen LogP contribution in [-0.2, 0) is 51.4 Å². The molecule has 6 unspecified atom stereocenters. The number of hydrogen-bond acceptors (Lipinski definition) is 19. The number of hydrogen-bond donors (Lipinski definition) is 3. The van der Waals surface area contributed by atoms with Gasteiger partial charge in [-0.1, -0.05) is 46.3 Å². The number of nitro groups is 1. The van der Waals surface area contributed by atoms with Crippen LogP contribution in [0.15, 0.2) is 70.9 Å². The van der Waals surface area contributed by atoms with E-state index in [0.29, 0.717) is 21.4 Å². The summed E-state index contributed by atoms with van der Waals surface area (Å²) in [6.07, 6.45) is -6.48. The van der Waals surface area contributed by atoms with Crippen molar-refractivity contribution in [2.75, 3.05) is 6.61 Å². The van der Waals surface area contributed by atoms with Gasteiger partial charge >= 0.3 is 6.03 Å². The van der Waals surface area contributed by atoms with E-state index in [1.807, 2.05) is 0 Å². The average Bonchev–Trinajstić information content (AvgIpc) is 3.53. The second-order valence-electron chi connectivity index (χ2n) is 10.6. The fourth-order valence-corrected chi connectivity index (χ4v) is 10.6. The minimum Gasteiger partial charge on any atom is -0.778 e. The monoisotopic (exact) mass is 859 g/mol. The number of urea groups is 1. The zero-order valence-corrected chi connectivity index (χ0v) is 30.1. The summed E-state index contributed by atoms with van der Waals surface area (Å²) >= 11 is 3.40. The van der Waals surface area contributed by atoms with Crippen molar-refractivity contribution in [3.05, 3.63) is 92.1 Å². The number of nitrogens with zero attached hydrogens (tertiary/aromatic N) is 2. The first-order valence-electron chi connectivity index (χ1n) is 13.8. The summed E-state index contributed by atoms with van der Waals surface area (Å²) < 4.78 is 75.7. The highest BCUT2D eigenvalue weighted by Gasteiger charge is 2.49. The van der Waals surface area contributed by atoms with Crippen molar-refractivity contribution in [1.29, 1.82) is 0 Å². The van der Waals surface area contributed by atoms with Crippen LogP contribution in [0.5, 0.6) is 0 Å². The van der Waals surface area contributed by atoms with Crippen LogP contribution in [-0.4, -0.2) is 63.4 Å². The maximum atomic E-state index is 12.8. The first kappa shape index (κ1) is 39.6. The molecule has 3 N–H and O–H groups in total. The molecular formula is C24H22BrN3O19P4-4. The Balaban J connectivity index is 1.17. The molecule has 0 aliphatic carbocycles. The number of aliphatic hydroxyl groups excluding tert-OH is 2. The van der Waals surface area contributed by atoms with E-state index in [0.717, 1.165) is 29.2 Å². The van der Waals surface area contributed by atoms with Crippen molar-refractivity contribution in [1.82, 2.24) is 10.2 Å². The Labute approximate surface area is 294 Å². The van der Waals surface area contributed by atoms with E-state index in [9.17, 15) is 63.0 Å². The van der Waals surface area contributed by atoms with Crippen LogP contribution in [0.25, 0.3) is 5.76 Å². The maximum absolute atomic E-state index is 12.8. The number of rotatable bonds is 14. The molecule has 5 rings (SSSR count). The number of amides is 2. The van der Waals surface area contributed by atoms with Gasteiger partial charge in [0.15, 0.2) is 6.23 Å². The molecule has 1 fully saturated rings. The van der Waals surface area contributed by atoms with Gasteiger partial charge in [0, 0.05) is 40.1 Å². The zero-order chi connectivity index (χ0) is 37.5. The number of ether oxygens (including phenoxy) is 2. The molecule has 0 radical (unpaired) electrons. The number of phosphoric acid groups is 3. The minimum absolute atomic E-state index is 0.210. The second-order valence-corrected chi connectivity index (χ2v) is 17.9. The standard InChI is InChI=1S/C24H26BrN3O19P4/c25-17-4-2-1-3-16(17)18-9-14-10-27(24(31)26-22(14)43-18)23-21(30)20(29)19(44-23)11-42-49(36,37)46-51(40,41)47-50(38,39)45-48(34,35)12-13-5-7-15(8-6-13)28(32)33/h1-10,19-23,29-30H,11-12H2,(H,26,31)(H,34,35)(H,36,37)(H,38,39)(H,40,41)/p-4/t19-,20?,21+,22?,23-/m1/s1. The molecule has 9 atom stereocenters. The first-order chi connectivity index (χ1) is 23.6. The average molecular weight is 860 g/mol. The third-order valence-corrected chi connectivity index (χ3v) is 13.8. The molecule has 0 saturated carbocycles. The molecule has 27 heteroatoms. The summed E-state index contributed by atoms with van der Waals surface area (Å²) in [5, 5.41) is 34.3. The largest absolute Gasteiger partial charge is 0.778 e. The topological polar surface area (TPSA) is 332 Å². The lowest BCUT2D eigenvalue weighted by molar-refractivity contribution is -0.384. The third kappa shape index (κ3) is 9.87. The number of carbonyl (C=O) groups excluding carboxylic acids is 1. The fraction of sp³-hybridized carbons (Fsp3) is 0.292. The molecule has 3 heterocycles. The lowest BCUT2D eigenvalue weighted by Crippen LogP contribution is -2.54. The highest BCUT2D eigenvalue weighted by atomic mass is 79.9. The van der Waals surface area contributed by atoms with Crippen molar-refractivity contribution in [3.8, 4) is 0 Å². The van der Waals surface area contributed by atoms with Gasteiger partial charge in [-0.05, 0) is 17.7 Å². The number of halogens is 1. The van der Waals surface area contributed by atoms with Crippen LogP contribution in [0.2, 0.25) is 0 Å². The van der Waals surface area contributed by atoms with Crippen molar-refractivity contribution < 1.29 is 84.7 Å². The highest BCUT2D eigenvalue weighted by Crippen LogP contribution is 2.67. The van der Waals surface area contributed by atoms with Gasteiger partial charge in [0.2, 0.25) is 6.23 Å². The minimum atomic E-state index is -6.52. The van der Waals surface area contributed by atoms with Crippen LogP contribution in [0.1, 0.15) is 11.1 Å². The van der Waals surface area contributed by atoms with Gasteiger partial charge in [-0.3, -0.25) is 38.3 Å². The van der Waals surface area contributed by atoms with E-state index < -0.39 is 91.2 Å². The Morgan fingerprint density at radius 1 is 0.922 bits per heavy atom. The Morgan fingerprint density at radius 3 is 2.20 bits per heavy atom. The van der Waals surface area contributed by atoms with Crippen LogP contribution >= 0.6 is 47.0 Å². The lowest BCUT2D eigenvalue weighted by Gasteiger charge is -2.36. The van der Waals surface area contributed by atoms with Crippen molar-refractivity contribution in [3.63, 3.8) is 0 Å². The fourth-order valence-electron chi connectivity index (χ4n) is 4.76. The Morgan fingerprint density at radius 2 is 1.55 bits per heavy atom. The first-order valence-corrected chi connectivity index (χ1v) is 20.7. The molecule has 51 heavy (non-hydrogen) atoms. The molecule has 2 amide bonds. The number of phosphoric ester groups is 1. The number of nitro benzene ring substituents is 1. The van der Waals surface area contributed by atoms with Gasteiger partial charge in [-0.25, -0.2) is 13.4 Å². The second kappa shape index (κ2) is 15.0. The highest BCUT2D eigenvalue weighted by molar-refractivity contribution is 9.10. The molecule has 2 aromatic carbocycles. The molecule has 22 nitrogen and oxygen atoms in total. The Hall–Kier alpha value is -2.65. The number of non-ortho nitro benzene ring substituents is 1. The molecule has 0 spiro atoms. The number of nitrogens with one attached hydrogen (secondary N) is 1. The molecule has 2 aromatic rings. The van der Waals surface area contributed by atoms with Gasteiger partial charge < -0.3 is 48.3 Å². The number of benzene rings is 2. The van der Waals surface area contributed by atoms with Gasteiger partial charge in [0.25, 0.3) is 29.2 Å². The van der Waals surface area contributed by atoms with Crippen LogP contribution < -0.4 is 24.9 Å². The smallest absolute Gasteiger partial charge is 0.326 e. The number of carbonyl (C=O) groups is 1. The molecule has 0 aromatic heterocycles. The number of fused-ring (bicyclic) bond motifs is 1. The Kier molecular flexibility index (Phi) is 11.6. The number of aliphatic hydroxyl groups is 2. The zero-order valence-electron chi connectivity index (χ0n) is 25.0. The third-order valence-electron chi connectivity index (χ3n) is 6.92. The molecule has 278 valence electrons. The molecule has 3 aliphatic rings. The summed E-state index contributed by atoms with van der Waals surface area (Å²) in [6.45, 7) is -1.25. The summed E-state index contributed by atoms with van der Waals surface area (Å²) in [4.78, 5) is 72.1. The molecule has 1 saturated heterocycles. The quantitative estimate of drug-likeness (QED) is 0.133. The molecule has 0 bridgehead atoms. The van der Waals surface area contributed by atoms with Crippen molar-refractivity contribution in [2.24, 2.45) is 0 Å². The normalized spacial score (nSPS) is 27.8. The predicted molar refractivity (Wildman–Crippen MR) is 163 cm³/mol. The van der Waals surface area contributed by atoms with E-state index in [2.05, 4.69) is 38.7 Å². The van der Waals surface area contributed by atoms with E-state index in [4.69, 9.17) is 9.47 Å². The van der Waals surface area contributed by atoms with Crippen molar-refractivity contribution in [2.45, 2.75) is 36.9 Å². The van der Waals surface area contributed by atoms with Crippen molar-refractivity contribution >= 4 is 64.5 Å². The Bertz CT molecular complexity index is 1960. The van der Waals surface area contributed by atoms with E-state index >= 15 is 0 Å². The molecular weight excluding hydrogens is 838 g/mol. The lowest BCUT2D eigenvalue weighted by atomic mass is 10.1. The van der Waals surface area contributed by atoms with Crippen LogP contribution in [0.4, 0.5) is 10.5 Å². The summed E-state index contributed by atoms with van der Waals surface area (Å²) in [5.41, 5.74) is 0.420. The van der Waals surface area contributed by atoms with Gasteiger partial charge in [-0.15, -0.1) is 0 Å². The van der Waals surface area contributed by atoms with Crippen LogP contribution in [0, 0.1) is 10.1 Å². The summed E-state index contributed by atoms with van der Waals surface area (Å²) in [5.74, 6) is 0.384.